The van der Waals surface area contributed by atoms with Crippen molar-refractivity contribution >= 4 is 90.1 Å². The van der Waals surface area contributed by atoms with E-state index in [0.717, 1.165) is 69.8 Å². The van der Waals surface area contributed by atoms with Gasteiger partial charge >= 0.3 is 138 Å². The maximum atomic E-state index is 12.3. The summed E-state index contributed by atoms with van der Waals surface area (Å²) in [5, 5.41) is 18.0. The molecule has 5 aromatic carbocycles. The molecule has 0 spiro atoms. The van der Waals surface area contributed by atoms with Crippen LogP contribution in [0.15, 0.2) is 173 Å². The van der Waals surface area contributed by atoms with E-state index in [0.29, 0.717) is 17.5 Å². The van der Waals surface area contributed by atoms with Gasteiger partial charge in [0.05, 0.1) is 64.5 Å². The minimum absolute atomic E-state index is 0. The zero-order chi connectivity index (χ0) is 59.3. The first kappa shape index (κ1) is 72.5. The molecule has 1 N–H and O–H groups in total. The molecule has 0 saturated heterocycles. The Morgan fingerprint density at radius 1 is 0.535 bits per heavy atom. The Balaban J connectivity index is 0.000000272. The van der Waals surface area contributed by atoms with Gasteiger partial charge in [-0.2, -0.15) is 25.3 Å². The summed E-state index contributed by atoms with van der Waals surface area (Å²) in [6.07, 6.45) is 3.91. The van der Waals surface area contributed by atoms with Crippen molar-refractivity contribution in [3.63, 3.8) is 0 Å². The number of pyridine rings is 2. The number of carbonyl (C=O) groups excluding carboxylic acids is 1. The number of aromatic nitrogens is 6. The molecule has 11 aromatic rings. The summed E-state index contributed by atoms with van der Waals surface area (Å²) >= 11 is 2.99. The molecule has 11 rings (SSSR count). The number of methoxy groups -OCH3 is 2. The molecule has 0 amide bonds. The molecule has 86 heavy (non-hydrogen) atoms. The molecule has 0 atom stereocenters. The monoisotopic (exact) mass is 1510 g/mol. The Kier molecular flexibility index (Phi) is 28.2. The Morgan fingerprint density at radius 3 is 1.28 bits per heavy atom. The van der Waals surface area contributed by atoms with Crippen LogP contribution in [0.5, 0.6) is 23.3 Å². The number of ether oxygens (including phenoxy) is 3. The van der Waals surface area contributed by atoms with Crippen LogP contribution in [0.3, 0.4) is 0 Å². The Morgan fingerprint density at radius 2 is 0.907 bits per heavy atom. The second-order valence-electron chi connectivity index (χ2n) is 17.5. The van der Waals surface area contributed by atoms with Crippen LogP contribution in [0.2, 0.25) is 0 Å². The topological polar surface area (TPSA) is 288 Å². The van der Waals surface area contributed by atoms with Crippen LogP contribution in [0.1, 0.15) is 25.5 Å². The van der Waals surface area contributed by atoms with E-state index in [4.69, 9.17) is 41.8 Å². The maximum Gasteiger partial charge on any atom is 1.00 e. The van der Waals surface area contributed by atoms with Crippen molar-refractivity contribution in [3.05, 3.63) is 175 Å². The summed E-state index contributed by atoms with van der Waals surface area (Å²) in [4.78, 5) is 33.0. The number of phenolic OH excluding ortho intramolecular Hbond substituents is 1. The zero-order valence-corrected chi connectivity index (χ0v) is 63.4. The van der Waals surface area contributed by atoms with E-state index in [2.05, 4.69) is 19.8 Å². The maximum absolute atomic E-state index is 12.3. The van der Waals surface area contributed by atoms with Crippen molar-refractivity contribution in [2.75, 3.05) is 40.6 Å². The van der Waals surface area contributed by atoms with Crippen LogP contribution in [0.25, 0.3) is 53.1 Å². The summed E-state index contributed by atoms with van der Waals surface area (Å²) in [6.45, 7) is 4.57. The third-order valence-corrected chi connectivity index (χ3v) is 17.6. The van der Waals surface area contributed by atoms with Crippen LogP contribution in [-0.4, -0.2) is 106 Å². The van der Waals surface area contributed by atoms with Gasteiger partial charge in [0.2, 0.25) is 11.8 Å². The van der Waals surface area contributed by atoms with Gasteiger partial charge in [-0.1, -0.05) is 107 Å². The summed E-state index contributed by atoms with van der Waals surface area (Å²) in [6, 6.07) is 41.0. The molecule has 22 nitrogen and oxygen atoms in total. The number of fused-ring (bicyclic) bond motifs is 6. The number of imidazole rings is 2. The van der Waals surface area contributed by atoms with E-state index in [-0.39, 0.29) is 187 Å². The molecule has 0 aliphatic carbocycles. The van der Waals surface area contributed by atoms with Crippen molar-refractivity contribution in [2.45, 2.75) is 42.9 Å². The summed E-state index contributed by atoms with van der Waals surface area (Å²) in [5.41, 5.74) is 8.17. The van der Waals surface area contributed by atoms with E-state index in [1.54, 1.807) is 62.8 Å². The molecule has 0 aliphatic heterocycles. The van der Waals surface area contributed by atoms with Gasteiger partial charge in [0.1, 0.15) is 34.4 Å². The number of hydrogen-bond donors (Lipinski definition) is 1. The molecule has 6 heterocycles. The van der Waals surface area contributed by atoms with E-state index in [9.17, 15) is 30.4 Å². The van der Waals surface area contributed by atoms with Crippen molar-refractivity contribution in [1.29, 1.82) is 0 Å². The van der Waals surface area contributed by atoms with Gasteiger partial charge in [-0.3, -0.25) is 26.1 Å². The van der Waals surface area contributed by atoms with Gasteiger partial charge in [0, 0.05) is 35.7 Å². The van der Waals surface area contributed by atoms with Crippen LogP contribution in [0.4, 0.5) is 0 Å². The quantitative estimate of drug-likeness (QED) is 0.0422. The Hall–Kier alpha value is -4.28. The molecule has 442 valence electrons. The van der Waals surface area contributed by atoms with Gasteiger partial charge in [-0.25, -0.2) is 19.9 Å². The number of aromatic hydroxyl groups is 1. The van der Waals surface area contributed by atoms with Crippen molar-refractivity contribution < 1.29 is 211 Å². The molecule has 0 unspecified atom stereocenters. The van der Waals surface area contributed by atoms with Gasteiger partial charge in [-0.15, -0.1) is 0 Å². The third-order valence-electron chi connectivity index (χ3n) is 11.7. The Bertz CT molecular complexity index is 4300. The first-order valence-corrected chi connectivity index (χ1v) is 30.4. The minimum Gasteiger partial charge on any atom is -1.00 e. The van der Waals surface area contributed by atoms with E-state index in [1.807, 2.05) is 103 Å². The molecule has 0 bridgehead atoms. The fraction of sp³-hybridized carbons (Fsp3) is 0.175. The molecule has 0 aliphatic rings. The first-order chi connectivity index (χ1) is 39.8. The van der Waals surface area contributed by atoms with Gasteiger partial charge in [-0.05, 0) is 93.6 Å². The van der Waals surface area contributed by atoms with E-state index >= 15 is 0 Å². The van der Waals surface area contributed by atoms with E-state index in [1.165, 1.54) is 59.1 Å². The number of phenols is 1. The number of nitrogens with zero attached hydrogens (tertiary/aromatic N) is 6. The normalized spacial score (nSPS) is 11.1. The summed E-state index contributed by atoms with van der Waals surface area (Å²) in [5.74, 6) is 2.00. The van der Waals surface area contributed by atoms with Gasteiger partial charge in [0.15, 0.2) is 9.92 Å². The average molecular weight is 1510 g/mol. The summed E-state index contributed by atoms with van der Waals surface area (Å²) in [7, 11) is -8.50. The second-order valence-corrected chi connectivity index (χ2v) is 24.3. The van der Waals surface area contributed by atoms with Crippen molar-refractivity contribution in [2.24, 2.45) is 0 Å². The number of benzene rings is 5. The second kappa shape index (κ2) is 33.5. The van der Waals surface area contributed by atoms with Gasteiger partial charge < -0.3 is 30.9 Å². The zero-order valence-electron chi connectivity index (χ0n) is 47.7. The van der Waals surface area contributed by atoms with Crippen LogP contribution < -0.4 is 157 Å². The number of carbonyl (C=O) groups is 1. The number of aryl methyl sites for hydroxylation is 3. The number of rotatable bonds is 18. The van der Waals surface area contributed by atoms with Crippen LogP contribution in [0, 0.1) is 20.8 Å². The van der Waals surface area contributed by atoms with Crippen LogP contribution >= 0.6 is 22.7 Å². The fourth-order valence-electron chi connectivity index (χ4n) is 7.56. The van der Waals surface area contributed by atoms with Gasteiger partial charge in [0.25, 0.3) is 36.8 Å². The molecule has 0 radical (unpaired) electrons. The number of thiazole rings is 2. The van der Waals surface area contributed by atoms with Crippen molar-refractivity contribution in [1.82, 2.24) is 28.7 Å². The Labute approximate surface area is 624 Å². The van der Waals surface area contributed by atoms with Crippen molar-refractivity contribution in [3.8, 4) is 45.8 Å². The predicted molar refractivity (Wildman–Crippen MR) is 316 cm³/mol. The minimum atomic E-state index is -3.94. The molecular weight excluding hydrogens is 1450 g/mol. The predicted octanol–water partition coefficient (Wildman–Crippen LogP) is 3.64. The standard InChI is InChI=1S/C24H21N3O5S2.C16H18O6S2.C15H11N3O2S.CH2O3.CH4.2Cs.H/c1-16-6-8-19(9-7-16)34(28,29)32-13-12-31-18-5-3-4-17(14-18)20-15-27-21-10-11-22(30-2)26-23(21)33-24(27)25-20;1-13-3-7-15(8-4-13)23(17,18)21-11-12-22-24(19,20)16-9-5-14(2)6-10-16;1-20-13-6-5-12-14(17-13)21-15-16-11(8-18(12)15)9-3-2-4-10(19)7-9;2-1-4-3;;;;/h3-11,14-15H,12-13H2,1-2H3;3-10H,11-12H2,1-2H3;2-8,19H,1H3;1,3H;1H4;;;/q;;;;;2*+1;-1/p-1. The largest absolute Gasteiger partial charge is 1.00 e. The van der Waals surface area contributed by atoms with Crippen LogP contribution in [-0.2, 0) is 52.6 Å². The van der Waals surface area contributed by atoms with E-state index < -0.39 is 43.6 Å². The fourth-order valence-corrected chi connectivity index (χ4v) is 12.2. The molecule has 0 saturated carbocycles. The summed E-state index contributed by atoms with van der Waals surface area (Å²) < 4.78 is 107. The number of hydrogen-bond acceptors (Lipinski definition) is 22. The smallest absolute Gasteiger partial charge is 1.00 e. The molecule has 29 heteroatoms. The third kappa shape index (κ3) is 19.4. The average Bonchev–Trinajstić information content (AvgIpc) is 1.70. The molecular formula is C57H56Cs2N6O16S5. The first-order valence-electron chi connectivity index (χ1n) is 24.6. The molecule has 0 fully saturated rings. The molecule has 6 aromatic heterocycles. The SMILES string of the molecule is C.COc1ccc2c(n1)sc1nc(-c3cccc(O)c3)cn12.COc1ccc2c(n1)sc1nc(-c3cccc(OCCOS(=O)(=O)c4ccc(C)cc4)c3)cn12.Cc1ccc(S(=O)(=O)OCCOS(=O)(=O)c2ccc(C)cc2)cc1.O=CO[O-].[Cs+].[Cs+].[H-].